The third kappa shape index (κ3) is 4.45. The van der Waals surface area contributed by atoms with Crippen molar-refractivity contribution in [3.05, 3.63) is 60.2 Å². The van der Waals surface area contributed by atoms with Crippen molar-refractivity contribution in [3.8, 4) is 11.1 Å². The molecular formula is C22H26N2O3S. The first-order valence-corrected chi connectivity index (χ1v) is 11.7. The third-order valence-corrected chi connectivity index (χ3v) is 6.40. The van der Waals surface area contributed by atoms with Crippen LogP contribution < -0.4 is 4.72 Å². The van der Waals surface area contributed by atoms with E-state index in [1.54, 1.807) is 0 Å². The molecule has 2 aromatic carbocycles. The average Bonchev–Trinajstić information content (AvgIpc) is 3.48. The van der Waals surface area contributed by atoms with Gasteiger partial charge in [0.1, 0.15) is 0 Å². The van der Waals surface area contributed by atoms with Gasteiger partial charge in [-0.15, -0.1) is 0 Å². The van der Waals surface area contributed by atoms with Gasteiger partial charge in [-0.05, 0) is 41.9 Å². The largest absolute Gasteiger partial charge is 0.341 e. The van der Waals surface area contributed by atoms with Crippen molar-refractivity contribution in [2.45, 2.75) is 31.2 Å². The van der Waals surface area contributed by atoms with Crippen LogP contribution in [-0.2, 0) is 14.8 Å². The van der Waals surface area contributed by atoms with Crippen LogP contribution in [0.5, 0.6) is 0 Å². The summed E-state index contributed by atoms with van der Waals surface area (Å²) >= 11 is 0. The Morgan fingerprint density at radius 1 is 1.07 bits per heavy atom. The van der Waals surface area contributed by atoms with E-state index in [0.717, 1.165) is 19.3 Å². The number of carbonyl (C=O) groups is 1. The zero-order valence-corrected chi connectivity index (χ0v) is 16.9. The highest BCUT2D eigenvalue weighted by molar-refractivity contribution is 7.88. The summed E-state index contributed by atoms with van der Waals surface area (Å²) in [5, 5.41) is 0. The molecule has 1 amide bonds. The number of hydrogen-bond acceptors (Lipinski definition) is 3. The fourth-order valence-corrected chi connectivity index (χ4v) is 5.02. The molecule has 1 aliphatic heterocycles. The first-order valence-electron chi connectivity index (χ1n) is 9.82. The molecule has 2 fully saturated rings. The fraction of sp³-hybridized carbons (Fsp3) is 0.409. The van der Waals surface area contributed by atoms with Crippen LogP contribution in [0.15, 0.2) is 54.6 Å². The monoisotopic (exact) mass is 398 g/mol. The summed E-state index contributed by atoms with van der Waals surface area (Å²) in [6.45, 7) is 1.19. The molecule has 1 saturated heterocycles. The Bertz CT molecular complexity index is 959. The van der Waals surface area contributed by atoms with Gasteiger partial charge in [-0.2, -0.15) is 0 Å². The lowest BCUT2D eigenvalue weighted by Crippen LogP contribution is -2.49. The quantitative estimate of drug-likeness (QED) is 0.842. The molecule has 4 rings (SSSR count). The van der Waals surface area contributed by atoms with E-state index in [9.17, 15) is 13.2 Å². The van der Waals surface area contributed by atoms with Crippen molar-refractivity contribution in [1.82, 2.24) is 9.62 Å². The lowest BCUT2D eigenvalue weighted by atomic mass is 10.00. The number of carbonyl (C=O) groups excluding carboxylic acids is 1. The van der Waals surface area contributed by atoms with Crippen LogP contribution in [0.4, 0.5) is 0 Å². The zero-order chi connectivity index (χ0) is 19.7. The van der Waals surface area contributed by atoms with Gasteiger partial charge in [0.05, 0.1) is 6.26 Å². The van der Waals surface area contributed by atoms with Crippen molar-refractivity contribution in [2.75, 3.05) is 19.3 Å². The minimum atomic E-state index is -3.25. The van der Waals surface area contributed by atoms with Crippen molar-refractivity contribution in [1.29, 1.82) is 0 Å². The molecule has 5 nitrogen and oxygen atoms in total. The Hall–Kier alpha value is -2.18. The average molecular weight is 399 g/mol. The highest BCUT2D eigenvalue weighted by Gasteiger charge is 2.46. The Morgan fingerprint density at radius 3 is 2.57 bits per heavy atom. The van der Waals surface area contributed by atoms with Crippen LogP contribution >= 0.6 is 0 Å². The van der Waals surface area contributed by atoms with Crippen LogP contribution in [0.1, 0.15) is 30.7 Å². The fourth-order valence-electron chi connectivity index (χ4n) is 4.23. The molecule has 1 N–H and O–H groups in total. The molecule has 1 heterocycles. The smallest absolute Gasteiger partial charge is 0.226 e. The molecule has 28 heavy (non-hydrogen) atoms. The summed E-state index contributed by atoms with van der Waals surface area (Å²) in [5.41, 5.74) is 3.56. The van der Waals surface area contributed by atoms with E-state index in [2.05, 4.69) is 41.1 Å². The molecular weight excluding hydrogens is 372 g/mol. The summed E-state index contributed by atoms with van der Waals surface area (Å²) in [5.74, 6) is 0.442. The number of nitrogens with zero attached hydrogens (tertiary/aromatic N) is 1. The SMILES string of the molecule is CS(=O)(=O)N[C@H]1CCCN(C(=O)[C@@H]2C[C@H]2c2cccc(-c3ccccc3)c2)C1. The number of nitrogens with one attached hydrogen (secondary N) is 1. The molecule has 0 spiro atoms. The maximum atomic E-state index is 13.0. The predicted molar refractivity (Wildman–Crippen MR) is 110 cm³/mol. The van der Waals surface area contributed by atoms with Crippen LogP contribution in [0.3, 0.4) is 0 Å². The zero-order valence-electron chi connectivity index (χ0n) is 16.0. The van der Waals surface area contributed by atoms with Gasteiger partial charge in [0.2, 0.25) is 15.9 Å². The molecule has 2 aromatic rings. The number of amides is 1. The second-order valence-corrected chi connectivity index (χ2v) is 9.73. The van der Waals surface area contributed by atoms with Crippen LogP contribution in [-0.4, -0.2) is 44.6 Å². The normalized spacial score (nSPS) is 24.8. The van der Waals surface area contributed by atoms with Gasteiger partial charge in [-0.1, -0.05) is 54.6 Å². The number of rotatable bonds is 5. The second-order valence-electron chi connectivity index (χ2n) is 7.95. The summed E-state index contributed by atoms with van der Waals surface area (Å²) < 4.78 is 25.6. The van der Waals surface area contributed by atoms with Crippen molar-refractivity contribution < 1.29 is 13.2 Å². The Kier molecular flexibility index (Phi) is 5.25. The van der Waals surface area contributed by atoms with E-state index in [4.69, 9.17) is 0 Å². The van der Waals surface area contributed by atoms with Crippen LogP contribution in [0.2, 0.25) is 0 Å². The molecule has 6 heteroatoms. The van der Waals surface area contributed by atoms with Gasteiger partial charge < -0.3 is 4.90 Å². The van der Waals surface area contributed by atoms with E-state index >= 15 is 0 Å². The van der Waals surface area contributed by atoms with E-state index in [1.807, 2.05) is 23.1 Å². The van der Waals surface area contributed by atoms with E-state index in [1.165, 1.54) is 22.9 Å². The highest BCUT2D eigenvalue weighted by atomic mass is 32.2. The molecule has 0 bridgehead atoms. The molecule has 0 unspecified atom stereocenters. The number of benzene rings is 2. The van der Waals surface area contributed by atoms with Crippen LogP contribution in [0, 0.1) is 5.92 Å². The summed E-state index contributed by atoms with van der Waals surface area (Å²) in [6.07, 6.45) is 3.66. The Balaban J connectivity index is 1.42. The van der Waals surface area contributed by atoms with E-state index < -0.39 is 10.0 Å². The Labute approximate surface area is 166 Å². The molecule has 0 aromatic heterocycles. The molecule has 1 saturated carbocycles. The van der Waals surface area contributed by atoms with E-state index in [0.29, 0.717) is 13.1 Å². The van der Waals surface area contributed by atoms with Crippen molar-refractivity contribution >= 4 is 15.9 Å². The summed E-state index contributed by atoms with van der Waals surface area (Å²) in [4.78, 5) is 14.8. The first-order chi connectivity index (χ1) is 13.4. The summed E-state index contributed by atoms with van der Waals surface area (Å²) in [7, 11) is -3.25. The molecule has 0 radical (unpaired) electrons. The van der Waals surface area contributed by atoms with Crippen molar-refractivity contribution in [3.63, 3.8) is 0 Å². The lowest BCUT2D eigenvalue weighted by molar-refractivity contribution is -0.133. The van der Waals surface area contributed by atoms with E-state index in [-0.39, 0.29) is 23.8 Å². The van der Waals surface area contributed by atoms with Gasteiger partial charge >= 0.3 is 0 Å². The molecule has 1 aliphatic carbocycles. The second kappa shape index (κ2) is 7.68. The molecule has 2 aliphatic rings. The van der Waals surface area contributed by atoms with Gasteiger partial charge in [0.15, 0.2) is 0 Å². The minimum absolute atomic E-state index is 0.0167. The van der Waals surface area contributed by atoms with Gasteiger partial charge in [-0.25, -0.2) is 13.1 Å². The van der Waals surface area contributed by atoms with Crippen molar-refractivity contribution in [2.24, 2.45) is 5.92 Å². The minimum Gasteiger partial charge on any atom is -0.341 e. The van der Waals surface area contributed by atoms with Crippen LogP contribution in [0.25, 0.3) is 11.1 Å². The lowest BCUT2D eigenvalue weighted by Gasteiger charge is -2.33. The standard InChI is InChI=1S/C22H26N2O3S/c1-28(26,27)23-19-11-6-12-24(15-19)22(25)21-14-20(21)18-10-5-9-17(13-18)16-7-3-2-4-8-16/h2-5,7-10,13,19-21,23H,6,11-12,14-15H2,1H3/t19-,20-,21+/m0/s1. The summed E-state index contributed by atoms with van der Waals surface area (Å²) in [6, 6.07) is 18.5. The van der Waals surface area contributed by atoms with Gasteiger partial charge in [0, 0.05) is 25.0 Å². The molecule has 3 atom stereocenters. The number of piperidine rings is 1. The van der Waals surface area contributed by atoms with Gasteiger partial charge in [0.25, 0.3) is 0 Å². The first kappa shape index (κ1) is 19.2. The van der Waals surface area contributed by atoms with Gasteiger partial charge in [-0.3, -0.25) is 4.79 Å². The number of likely N-dealkylation sites (tertiary alicyclic amines) is 1. The maximum absolute atomic E-state index is 13.0. The topological polar surface area (TPSA) is 66.5 Å². The Morgan fingerprint density at radius 2 is 1.82 bits per heavy atom. The number of sulfonamides is 1. The predicted octanol–water partition coefficient (Wildman–Crippen LogP) is 3.00. The third-order valence-electron chi connectivity index (χ3n) is 5.64. The molecule has 148 valence electrons. The number of hydrogen-bond donors (Lipinski definition) is 1. The highest BCUT2D eigenvalue weighted by Crippen LogP contribution is 2.49. The maximum Gasteiger partial charge on any atom is 0.226 e.